The average molecular weight is 313 g/mol. The molecular weight excluding hydrogens is 296 g/mol. The molecule has 0 saturated carbocycles. The van der Waals surface area contributed by atoms with Gasteiger partial charge in [0.25, 0.3) is 0 Å². The number of hydrogen-bond donors (Lipinski definition) is 0. The van der Waals surface area contributed by atoms with Crippen LogP contribution in [0.1, 0.15) is 25.3 Å². The molecule has 1 unspecified atom stereocenters. The van der Waals surface area contributed by atoms with Crippen molar-refractivity contribution in [1.29, 1.82) is 0 Å². The molecule has 0 fully saturated rings. The number of carbonyl (C=O) groups is 1. The lowest BCUT2D eigenvalue weighted by Crippen LogP contribution is -2.37. The minimum absolute atomic E-state index is 0.00992. The summed E-state index contributed by atoms with van der Waals surface area (Å²) >= 11 is 3.15. The number of ether oxygens (including phenoxy) is 2. The number of benzene rings is 1. The Morgan fingerprint density at radius 2 is 2.28 bits per heavy atom. The summed E-state index contributed by atoms with van der Waals surface area (Å²) < 4.78 is 11.3. The molecule has 1 aliphatic heterocycles. The van der Waals surface area contributed by atoms with E-state index in [4.69, 9.17) is 9.47 Å². The van der Waals surface area contributed by atoms with Crippen molar-refractivity contribution in [3.05, 3.63) is 23.8 Å². The summed E-state index contributed by atoms with van der Waals surface area (Å²) in [5.74, 6) is 1.43. The second-order valence-electron chi connectivity index (χ2n) is 4.40. The molecule has 98 valence electrons. The highest BCUT2D eigenvalue weighted by molar-refractivity contribution is 9.09. The Morgan fingerprint density at radius 3 is 3.00 bits per heavy atom. The lowest BCUT2D eigenvalue weighted by molar-refractivity contribution is -0.125. The van der Waals surface area contributed by atoms with E-state index in [1.54, 1.807) is 0 Å². The van der Waals surface area contributed by atoms with Gasteiger partial charge in [0, 0.05) is 0 Å². The zero-order chi connectivity index (χ0) is 13.0. The van der Waals surface area contributed by atoms with Gasteiger partial charge in [0.2, 0.25) is 0 Å². The summed E-state index contributed by atoms with van der Waals surface area (Å²) in [5, 5.41) is 0.297. The van der Waals surface area contributed by atoms with Crippen LogP contribution < -0.4 is 9.47 Å². The van der Waals surface area contributed by atoms with E-state index in [-0.39, 0.29) is 5.78 Å². The number of rotatable bonds is 5. The molecule has 0 amide bonds. The summed E-state index contributed by atoms with van der Waals surface area (Å²) in [4.78, 5) is 11.5. The third kappa shape index (κ3) is 3.05. The van der Waals surface area contributed by atoms with Crippen LogP contribution in [0.3, 0.4) is 0 Å². The third-order valence-corrected chi connectivity index (χ3v) is 3.53. The van der Waals surface area contributed by atoms with Crippen LogP contribution in [-0.4, -0.2) is 23.8 Å². The molecule has 3 nitrogen and oxygen atoms in total. The van der Waals surface area contributed by atoms with E-state index in [1.165, 1.54) is 18.4 Å². The lowest BCUT2D eigenvalue weighted by atomic mass is 10.1. The molecule has 0 aromatic heterocycles. The van der Waals surface area contributed by atoms with Crippen molar-refractivity contribution >= 4 is 21.7 Å². The molecule has 4 heteroatoms. The summed E-state index contributed by atoms with van der Waals surface area (Å²) in [7, 11) is 0. The summed E-state index contributed by atoms with van der Waals surface area (Å²) in [6, 6.07) is 5.95. The van der Waals surface area contributed by atoms with Crippen LogP contribution in [0.15, 0.2) is 18.2 Å². The number of aryl methyl sites for hydroxylation is 1. The number of Topliss-reactive ketones (excluding diaryl/α,β-unsaturated/α-hetero) is 1. The molecule has 0 bridgehead atoms. The van der Waals surface area contributed by atoms with Gasteiger partial charge in [-0.15, -0.1) is 0 Å². The van der Waals surface area contributed by atoms with E-state index in [1.807, 2.05) is 18.2 Å². The number of hydrogen-bond acceptors (Lipinski definition) is 3. The number of ketones is 1. The number of unbranched alkanes of at least 4 members (excludes halogenated alkanes) is 1. The highest BCUT2D eigenvalue weighted by Gasteiger charge is 2.26. The molecule has 18 heavy (non-hydrogen) atoms. The maximum Gasteiger partial charge on any atom is 0.191 e. The van der Waals surface area contributed by atoms with Gasteiger partial charge in [-0.1, -0.05) is 35.3 Å². The number of carbonyl (C=O) groups excluding carboxylic acids is 1. The minimum atomic E-state index is -0.488. The lowest BCUT2D eigenvalue weighted by Gasteiger charge is -2.25. The van der Waals surface area contributed by atoms with Gasteiger partial charge in [-0.25, -0.2) is 0 Å². The van der Waals surface area contributed by atoms with Crippen LogP contribution in [0.2, 0.25) is 0 Å². The SMILES string of the molecule is CCCCc1ccc2c(c1)OCC(C(=O)CBr)O2. The van der Waals surface area contributed by atoms with Gasteiger partial charge >= 0.3 is 0 Å². The van der Waals surface area contributed by atoms with Gasteiger partial charge in [0.1, 0.15) is 6.61 Å². The minimum Gasteiger partial charge on any atom is -0.485 e. The Morgan fingerprint density at radius 1 is 1.44 bits per heavy atom. The van der Waals surface area contributed by atoms with Crippen molar-refractivity contribution in [1.82, 2.24) is 0 Å². The molecule has 0 N–H and O–H groups in total. The molecule has 0 spiro atoms. The molecule has 0 aliphatic carbocycles. The van der Waals surface area contributed by atoms with Crippen molar-refractivity contribution in [3.8, 4) is 11.5 Å². The Balaban J connectivity index is 2.08. The highest BCUT2D eigenvalue weighted by Crippen LogP contribution is 2.33. The highest BCUT2D eigenvalue weighted by atomic mass is 79.9. The van der Waals surface area contributed by atoms with Crippen LogP contribution in [0.25, 0.3) is 0 Å². The van der Waals surface area contributed by atoms with E-state index in [9.17, 15) is 4.79 Å². The Bertz CT molecular complexity index is 431. The molecule has 1 heterocycles. The first kappa shape index (κ1) is 13.4. The smallest absolute Gasteiger partial charge is 0.191 e. The summed E-state index contributed by atoms with van der Waals surface area (Å²) in [6.45, 7) is 2.48. The molecule has 0 radical (unpaired) electrons. The predicted octanol–water partition coefficient (Wildman–Crippen LogP) is 3.13. The molecule has 1 aromatic rings. The maximum atomic E-state index is 11.5. The second-order valence-corrected chi connectivity index (χ2v) is 4.96. The standard InChI is InChI=1S/C14H17BrO3/c1-2-3-4-10-5-6-12-13(7-10)17-9-14(18-12)11(16)8-15/h5-7,14H,2-4,8-9H2,1H3. The van der Waals surface area contributed by atoms with Crippen molar-refractivity contribution in [3.63, 3.8) is 0 Å². The van der Waals surface area contributed by atoms with Gasteiger partial charge in [-0.05, 0) is 30.5 Å². The molecular formula is C14H17BrO3. The topological polar surface area (TPSA) is 35.5 Å². The van der Waals surface area contributed by atoms with Crippen LogP contribution >= 0.6 is 15.9 Å². The molecule has 0 saturated heterocycles. The van der Waals surface area contributed by atoms with Gasteiger partial charge in [0.15, 0.2) is 23.4 Å². The van der Waals surface area contributed by atoms with Crippen molar-refractivity contribution in [2.45, 2.75) is 32.3 Å². The third-order valence-electron chi connectivity index (χ3n) is 2.98. The quantitative estimate of drug-likeness (QED) is 0.784. The summed E-state index contributed by atoms with van der Waals surface area (Å²) in [6.07, 6.45) is 2.91. The van der Waals surface area contributed by atoms with Gasteiger partial charge in [0.05, 0.1) is 5.33 Å². The Labute approximate surface area is 116 Å². The number of fused-ring (bicyclic) bond motifs is 1. The van der Waals surface area contributed by atoms with Gasteiger partial charge in [-0.3, -0.25) is 4.79 Å². The molecule has 1 aliphatic rings. The van der Waals surface area contributed by atoms with Crippen molar-refractivity contribution in [2.75, 3.05) is 11.9 Å². The first-order valence-corrected chi connectivity index (χ1v) is 7.37. The fourth-order valence-corrected chi connectivity index (χ4v) is 2.26. The van der Waals surface area contributed by atoms with Crippen LogP contribution in [-0.2, 0) is 11.2 Å². The van der Waals surface area contributed by atoms with E-state index in [0.717, 1.165) is 12.2 Å². The van der Waals surface area contributed by atoms with Crippen molar-refractivity contribution < 1.29 is 14.3 Å². The van der Waals surface area contributed by atoms with Crippen LogP contribution in [0, 0.1) is 0 Å². The number of alkyl halides is 1. The maximum absolute atomic E-state index is 11.5. The number of halogens is 1. The predicted molar refractivity (Wildman–Crippen MR) is 73.8 cm³/mol. The zero-order valence-electron chi connectivity index (χ0n) is 10.4. The fraction of sp³-hybridized carbons (Fsp3) is 0.500. The van der Waals surface area contributed by atoms with Gasteiger partial charge < -0.3 is 9.47 Å². The monoisotopic (exact) mass is 312 g/mol. The first-order valence-electron chi connectivity index (χ1n) is 6.25. The van der Waals surface area contributed by atoms with E-state index in [2.05, 4.69) is 22.9 Å². The van der Waals surface area contributed by atoms with Crippen LogP contribution in [0.4, 0.5) is 0 Å². The van der Waals surface area contributed by atoms with E-state index < -0.39 is 6.10 Å². The molecule has 2 rings (SSSR count). The Hall–Kier alpha value is -1.03. The largest absolute Gasteiger partial charge is 0.485 e. The van der Waals surface area contributed by atoms with Gasteiger partial charge in [-0.2, -0.15) is 0 Å². The van der Waals surface area contributed by atoms with E-state index >= 15 is 0 Å². The summed E-state index contributed by atoms with van der Waals surface area (Å²) in [5.41, 5.74) is 1.25. The molecule has 1 aromatic carbocycles. The fourth-order valence-electron chi connectivity index (χ4n) is 1.90. The van der Waals surface area contributed by atoms with E-state index in [0.29, 0.717) is 17.7 Å². The second kappa shape index (κ2) is 6.23. The zero-order valence-corrected chi connectivity index (χ0v) is 12.0. The first-order chi connectivity index (χ1) is 8.74. The van der Waals surface area contributed by atoms with Crippen molar-refractivity contribution in [2.24, 2.45) is 0 Å². The average Bonchev–Trinajstić information content (AvgIpc) is 2.43. The van der Waals surface area contributed by atoms with Crippen LogP contribution in [0.5, 0.6) is 11.5 Å². The normalized spacial score (nSPS) is 17.6. The molecule has 1 atom stereocenters. The Kier molecular flexibility index (Phi) is 4.64.